The van der Waals surface area contributed by atoms with E-state index in [0.717, 1.165) is 31.2 Å². The molecule has 1 aliphatic carbocycles. The molecule has 5 nitrogen and oxygen atoms in total. The second-order valence-corrected chi connectivity index (χ2v) is 7.26. The van der Waals surface area contributed by atoms with E-state index in [0.29, 0.717) is 10.9 Å². The van der Waals surface area contributed by atoms with Crippen LogP contribution in [0.2, 0.25) is 5.02 Å². The maximum Gasteiger partial charge on any atom is 0.329 e. The number of hydrogen-bond acceptors (Lipinski definition) is 3. The first-order valence-corrected chi connectivity index (χ1v) is 8.67. The number of carbonyl (C=O) groups is 1. The molecule has 0 saturated heterocycles. The highest BCUT2D eigenvalue weighted by atomic mass is 35.5. The van der Waals surface area contributed by atoms with Crippen molar-refractivity contribution in [2.75, 3.05) is 0 Å². The number of hydrogen-bond donors (Lipinski definition) is 2. The molecule has 1 unspecified atom stereocenters. The number of carboxylic acids is 1. The lowest BCUT2D eigenvalue weighted by Gasteiger charge is -2.23. The minimum absolute atomic E-state index is 0.0328. The third-order valence-electron chi connectivity index (χ3n) is 3.89. The second kappa shape index (κ2) is 6.34. The first-order valence-electron chi connectivity index (χ1n) is 6.79. The normalized spacial score (nSPS) is 18.4. The first-order chi connectivity index (χ1) is 9.80. The van der Waals surface area contributed by atoms with E-state index < -0.39 is 21.3 Å². The van der Waals surface area contributed by atoms with Gasteiger partial charge in [0.25, 0.3) is 10.1 Å². The molecule has 0 amide bonds. The Bertz CT molecular complexity index is 635. The lowest BCUT2D eigenvalue weighted by Crippen LogP contribution is -2.21. The van der Waals surface area contributed by atoms with Crippen LogP contribution in [0.5, 0.6) is 0 Å². The summed E-state index contributed by atoms with van der Waals surface area (Å²) in [5.74, 6) is -1.30. The Morgan fingerprint density at radius 1 is 1.24 bits per heavy atom. The summed E-state index contributed by atoms with van der Waals surface area (Å²) in [6.07, 6.45) is 5.52. The predicted octanol–water partition coefficient (Wildman–Crippen LogP) is 3.40. The van der Waals surface area contributed by atoms with Crippen LogP contribution in [0.1, 0.15) is 54.4 Å². The molecule has 7 heteroatoms. The van der Waals surface area contributed by atoms with Crippen molar-refractivity contribution in [3.63, 3.8) is 0 Å². The monoisotopic (exact) mass is 332 g/mol. The smallest absolute Gasteiger partial charge is 0.329 e. The van der Waals surface area contributed by atoms with E-state index >= 15 is 0 Å². The standard InChI is InChI=1S/C14H17ClO5S/c15-12-8-10(13(14(16)17)21(18,19)20)6-7-11(12)9-4-2-1-3-5-9/h6-9,13H,1-5H2,(H,16,17)(H,18,19,20). The summed E-state index contributed by atoms with van der Waals surface area (Å²) in [4.78, 5) is 11.1. The van der Waals surface area contributed by atoms with Gasteiger partial charge in [0.15, 0.2) is 0 Å². The molecular formula is C14H17ClO5S. The van der Waals surface area contributed by atoms with Crippen molar-refractivity contribution < 1.29 is 22.9 Å². The van der Waals surface area contributed by atoms with Gasteiger partial charge < -0.3 is 5.11 Å². The van der Waals surface area contributed by atoms with E-state index in [2.05, 4.69) is 0 Å². The summed E-state index contributed by atoms with van der Waals surface area (Å²) in [6.45, 7) is 0. The van der Waals surface area contributed by atoms with Crippen LogP contribution in [-0.4, -0.2) is 24.0 Å². The van der Waals surface area contributed by atoms with Crippen LogP contribution in [0.25, 0.3) is 0 Å². The van der Waals surface area contributed by atoms with Gasteiger partial charge in [-0.2, -0.15) is 8.42 Å². The van der Waals surface area contributed by atoms with E-state index in [1.165, 1.54) is 18.6 Å². The van der Waals surface area contributed by atoms with Gasteiger partial charge in [0.2, 0.25) is 5.25 Å². The molecule has 116 valence electrons. The molecular weight excluding hydrogens is 316 g/mol. The van der Waals surface area contributed by atoms with Gasteiger partial charge in [-0.05, 0) is 36.0 Å². The number of halogens is 1. The second-order valence-electron chi connectivity index (χ2n) is 5.35. The molecule has 1 atom stereocenters. The molecule has 21 heavy (non-hydrogen) atoms. The molecule has 0 aromatic heterocycles. The molecule has 0 radical (unpaired) electrons. The van der Waals surface area contributed by atoms with Crippen molar-refractivity contribution in [1.29, 1.82) is 0 Å². The van der Waals surface area contributed by atoms with Crippen molar-refractivity contribution in [3.05, 3.63) is 34.3 Å². The van der Waals surface area contributed by atoms with Gasteiger partial charge >= 0.3 is 5.97 Å². The van der Waals surface area contributed by atoms with Crippen LogP contribution in [0.15, 0.2) is 18.2 Å². The molecule has 0 aliphatic heterocycles. The predicted molar refractivity (Wildman–Crippen MR) is 79.2 cm³/mol. The van der Waals surface area contributed by atoms with E-state index in [1.807, 2.05) is 0 Å². The zero-order valence-electron chi connectivity index (χ0n) is 11.3. The number of benzene rings is 1. The van der Waals surface area contributed by atoms with Crippen LogP contribution in [0.3, 0.4) is 0 Å². The lowest BCUT2D eigenvalue weighted by molar-refractivity contribution is -0.136. The molecule has 1 saturated carbocycles. The lowest BCUT2D eigenvalue weighted by atomic mass is 9.84. The summed E-state index contributed by atoms with van der Waals surface area (Å²) in [6, 6.07) is 4.43. The van der Waals surface area contributed by atoms with Crippen LogP contribution < -0.4 is 0 Å². The van der Waals surface area contributed by atoms with E-state index in [4.69, 9.17) is 21.3 Å². The molecule has 0 heterocycles. The van der Waals surface area contributed by atoms with Crippen molar-refractivity contribution in [1.82, 2.24) is 0 Å². The Balaban J connectivity index is 2.35. The molecule has 2 rings (SSSR count). The Morgan fingerprint density at radius 3 is 2.33 bits per heavy atom. The van der Waals surface area contributed by atoms with Crippen LogP contribution in [0.4, 0.5) is 0 Å². The zero-order chi connectivity index (χ0) is 15.6. The van der Waals surface area contributed by atoms with E-state index in [1.54, 1.807) is 6.07 Å². The molecule has 1 aliphatic rings. The van der Waals surface area contributed by atoms with Gasteiger partial charge in [-0.15, -0.1) is 0 Å². The van der Waals surface area contributed by atoms with Crippen molar-refractivity contribution in [2.24, 2.45) is 0 Å². The summed E-state index contributed by atoms with van der Waals surface area (Å²) >= 11 is 6.19. The molecule has 1 aromatic rings. The molecule has 0 bridgehead atoms. The van der Waals surface area contributed by atoms with Gasteiger partial charge in [0.05, 0.1) is 0 Å². The summed E-state index contributed by atoms with van der Waals surface area (Å²) in [5.41, 5.74) is 0.883. The van der Waals surface area contributed by atoms with Gasteiger partial charge in [0.1, 0.15) is 0 Å². The molecule has 2 N–H and O–H groups in total. The summed E-state index contributed by atoms with van der Waals surface area (Å²) in [5, 5.41) is 7.34. The third kappa shape index (κ3) is 3.75. The maximum absolute atomic E-state index is 11.2. The third-order valence-corrected chi connectivity index (χ3v) is 5.29. The molecule has 1 fully saturated rings. The SMILES string of the molecule is O=C(O)C(c1ccc(C2CCCCC2)c(Cl)c1)S(=O)(=O)O. The summed E-state index contributed by atoms with van der Waals surface area (Å²) in [7, 11) is -4.73. The number of rotatable bonds is 4. The highest BCUT2D eigenvalue weighted by Gasteiger charge is 2.33. The fourth-order valence-electron chi connectivity index (χ4n) is 2.89. The number of carboxylic acid groups (broad SMARTS) is 1. The fraction of sp³-hybridized carbons (Fsp3) is 0.500. The van der Waals surface area contributed by atoms with Crippen molar-refractivity contribution in [3.8, 4) is 0 Å². The van der Waals surface area contributed by atoms with Gasteiger partial charge in [0, 0.05) is 5.02 Å². The molecule has 1 aromatic carbocycles. The molecule has 0 spiro atoms. The first kappa shape index (κ1) is 16.3. The van der Waals surface area contributed by atoms with Crippen LogP contribution >= 0.6 is 11.6 Å². The van der Waals surface area contributed by atoms with Gasteiger partial charge in [-0.1, -0.05) is 43.0 Å². The Hall–Kier alpha value is -1.11. The van der Waals surface area contributed by atoms with Crippen molar-refractivity contribution >= 4 is 27.7 Å². The van der Waals surface area contributed by atoms with E-state index in [9.17, 15) is 13.2 Å². The van der Waals surface area contributed by atoms with Gasteiger partial charge in [-0.3, -0.25) is 9.35 Å². The largest absolute Gasteiger partial charge is 0.480 e. The summed E-state index contributed by atoms with van der Waals surface area (Å²) < 4.78 is 31.5. The minimum atomic E-state index is -4.73. The fourth-order valence-corrected chi connectivity index (χ4v) is 3.98. The number of aliphatic carboxylic acids is 1. The average Bonchev–Trinajstić information content (AvgIpc) is 2.37. The van der Waals surface area contributed by atoms with E-state index in [-0.39, 0.29) is 5.56 Å². The maximum atomic E-state index is 11.2. The highest BCUT2D eigenvalue weighted by Crippen LogP contribution is 2.37. The minimum Gasteiger partial charge on any atom is -0.480 e. The van der Waals surface area contributed by atoms with Crippen LogP contribution in [-0.2, 0) is 14.9 Å². The average molecular weight is 333 g/mol. The quantitative estimate of drug-likeness (QED) is 0.824. The van der Waals surface area contributed by atoms with Crippen LogP contribution in [0, 0.1) is 0 Å². The Labute approximate surface area is 128 Å². The van der Waals surface area contributed by atoms with Crippen molar-refractivity contribution in [2.45, 2.75) is 43.3 Å². The Morgan fingerprint density at radius 2 is 1.86 bits per heavy atom. The van der Waals surface area contributed by atoms with Gasteiger partial charge in [-0.25, -0.2) is 0 Å². The zero-order valence-corrected chi connectivity index (χ0v) is 12.9. The highest BCUT2D eigenvalue weighted by molar-refractivity contribution is 7.86. The topological polar surface area (TPSA) is 91.7 Å². The Kier molecular flexibility index (Phi) is 4.91.